The lowest BCUT2D eigenvalue weighted by Gasteiger charge is -2.23. The summed E-state index contributed by atoms with van der Waals surface area (Å²) >= 11 is 0. The first-order chi connectivity index (χ1) is 7.86. The van der Waals surface area contributed by atoms with Crippen LogP contribution in [0.2, 0.25) is 0 Å². The Kier molecular flexibility index (Phi) is 7.81. The molecule has 0 saturated carbocycles. The van der Waals surface area contributed by atoms with Gasteiger partial charge in [-0.15, -0.1) is 0 Å². The maximum Gasteiger partial charge on any atom is 0.0702 e. The van der Waals surface area contributed by atoms with Crippen LogP contribution in [0, 0.1) is 0 Å². The van der Waals surface area contributed by atoms with Crippen LogP contribution >= 0.6 is 0 Å². The van der Waals surface area contributed by atoms with E-state index < -0.39 is 0 Å². The molecule has 1 atom stereocenters. The third kappa shape index (κ3) is 5.83. The first-order valence-electron chi connectivity index (χ1n) is 6.91. The summed E-state index contributed by atoms with van der Waals surface area (Å²) in [5, 5.41) is 3.45. The van der Waals surface area contributed by atoms with Crippen molar-refractivity contribution in [3.63, 3.8) is 0 Å². The summed E-state index contributed by atoms with van der Waals surface area (Å²) in [5.41, 5.74) is 0. The highest BCUT2D eigenvalue weighted by Crippen LogP contribution is 2.13. The van der Waals surface area contributed by atoms with Gasteiger partial charge in [-0.2, -0.15) is 0 Å². The van der Waals surface area contributed by atoms with E-state index in [0.29, 0.717) is 6.10 Å². The number of ether oxygens (including phenoxy) is 1. The minimum Gasteiger partial charge on any atom is -0.377 e. The molecule has 0 aromatic carbocycles. The fourth-order valence-corrected chi connectivity index (χ4v) is 2.18. The van der Waals surface area contributed by atoms with Gasteiger partial charge in [0, 0.05) is 13.2 Å². The molecular formula is C13H28N2O. The molecule has 1 N–H and O–H groups in total. The lowest BCUT2D eigenvalue weighted by atomic mass is 10.2. The number of nitrogens with one attached hydrogen (secondary N) is 1. The fraction of sp³-hybridized carbons (Fsp3) is 1.00. The Morgan fingerprint density at radius 1 is 1.31 bits per heavy atom. The average molecular weight is 228 g/mol. The molecule has 0 spiro atoms. The molecule has 1 heterocycles. The van der Waals surface area contributed by atoms with Gasteiger partial charge in [0.05, 0.1) is 6.10 Å². The van der Waals surface area contributed by atoms with E-state index in [1.165, 1.54) is 32.2 Å². The van der Waals surface area contributed by atoms with Crippen LogP contribution < -0.4 is 5.32 Å². The van der Waals surface area contributed by atoms with Crippen molar-refractivity contribution >= 4 is 0 Å². The first kappa shape index (κ1) is 13.9. The molecule has 0 bridgehead atoms. The smallest absolute Gasteiger partial charge is 0.0702 e. The number of likely N-dealkylation sites (N-methyl/N-ethyl adjacent to an activating group) is 1. The summed E-state index contributed by atoms with van der Waals surface area (Å²) in [6.45, 7) is 11.2. The van der Waals surface area contributed by atoms with Crippen molar-refractivity contribution < 1.29 is 4.74 Å². The van der Waals surface area contributed by atoms with E-state index in [4.69, 9.17) is 4.74 Å². The van der Waals surface area contributed by atoms with Gasteiger partial charge in [0.1, 0.15) is 0 Å². The number of hydrogen-bond acceptors (Lipinski definition) is 3. The zero-order valence-electron chi connectivity index (χ0n) is 11.0. The molecule has 0 amide bonds. The van der Waals surface area contributed by atoms with Gasteiger partial charge in [0.15, 0.2) is 0 Å². The van der Waals surface area contributed by atoms with Crippen LogP contribution in [-0.4, -0.2) is 50.3 Å². The Hall–Kier alpha value is -0.120. The minimum atomic E-state index is 0.503. The Balaban J connectivity index is 2.01. The fourth-order valence-electron chi connectivity index (χ4n) is 2.18. The molecule has 3 nitrogen and oxygen atoms in total. The van der Waals surface area contributed by atoms with Crippen molar-refractivity contribution in [3.8, 4) is 0 Å². The molecule has 0 aromatic heterocycles. The number of nitrogens with zero attached hydrogens (tertiary/aromatic N) is 1. The maximum atomic E-state index is 5.67. The monoisotopic (exact) mass is 228 g/mol. The summed E-state index contributed by atoms with van der Waals surface area (Å²) in [4.78, 5) is 2.52. The first-order valence-corrected chi connectivity index (χ1v) is 6.91. The molecule has 0 radical (unpaired) electrons. The van der Waals surface area contributed by atoms with Crippen LogP contribution in [0.1, 0.15) is 39.5 Å². The molecule has 3 heteroatoms. The zero-order chi connectivity index (χ0) is 11.6. The zero-order valence-corrected chi connectivity index (χ0v) is 11.0. The van der Waals surface area contributed by atoms with Gasteiger partial charge < -0.3 is 15.0 Å². The van der Waals surface area contributed by atoms with Crippen molar-refractivity contribution in [1.29, 1.82) is 0 Å². The lowest BCUT2D eigenvalue weighted by Crippen LogP contribution is -2.34. The largest absolute Gasteiger partial charge is 0.377 e. The van der Waals surface area contributed by atoms with E-state index in [0.717, 1.165) is 32.8 Å². The summed E-state index contributed by atoms with van der Waals surface area (Å²) in [6.07, 6.45) is 5.49. The van der Waals surface area contributed by atoms with Gasteiger partial charge in [-0.1, -0.05) is 13.8 Å². The highest BCUT2D eigenvalue weighted by molar-refractivity contribution is 4.70. The molecule has 1 fully saturated rings. The summed E-state index contributed by atoms with van der Waals surface area (Å²) in [7, 11) is 0. The molecule has 1 saturated heterocycles. The second-order valence-electron chi connectivity index (χ2n) is 4.63. The van der Waals surface area contributed by atoms with Gasteiger partial charge in [-0.05, 0) is 51.9 Å². The molecule has 1 aliphatic rings. The summed E-state index contributed by atoms with van der Waals surface area (Å²) in [6, 6.07) is 0. The minimum absolute atomic E-state index is 0.503. The number of rotatable bonds is 9. The highest BCUT2D eigenvalue weighted by atomic mass is 16.5. The molecule has 16 heavy (non-hydrogen) atoms. The second-order valence-corrected chi connectivity index (χ2v) is 4.63. The van der Waals surface area contributed by atoms with Crippen LogP contribution in [-0.2, 0) is 4.74 Å². The van der Waals surface area contributed by atoms with E-state index in [1.807, 2.05) is 0 Å². The van der Waals surface area contributed by atoms with Crippen molar-refractivity contribution in [1.82, 2.24) is 10.2 Å². The van der Waals surface area contributed by atoms with E-state index in [9.17, 15) is 0 Å². The molecular weight excluding hydrogens is 200 g/mol. The average Bonchev–Trinajstić information content (AvgIpc) is 2.80. The van der Waals surface area contributed by atoms with Crippen LogP contribution in [0.25, 0.3) is 0 Å². The molecule has 0 aromatic rings. The lowest BCUT2D eigenvalue weighted by molar-refractivity contribution is 0.0745. The van der Waals surface area contributed by atoms with E-state index in [2.05, 4.69) is 24.1 Å². The molecule has 96 valence electrons. The molecule has 1 aliphatic heterocycles. The highest BCUT2D eigenvalue weighted by Gasteiger charge is 2.17. The van der Waals surface area contributed by atoms with Crippen LogP contribution in [0.15, 0.2) is 0 Å². The summed E-state index contributed by atoms with van der Waals surface area (Å²) in [5.74, 6) is 0. The normalized spacial score (nSPS) is 20.8. The third-order valence-electron chi connectivity index (χ3n) is 3.19. The van der Waals surface area contributed by atoms with Crippen LogP contribution in [0.5, 0.6) is 0 Å². The predicted octanol–water partition coefficient (Wildman–Crippen LogP) is 1.88. The molecule has 1 rings (SSSR count). The van der Waals surface area contributed by atoms with Gasteiger partial charge in [-0.3, -0.25) is 0 Å². The van der Waals surface area contributed by atoms with Crippen molar-refractivity contribution in [2.24, 2.45) is 0 Å². The standard InChI is InChI=1S/C13H28N2O/c1-3-8-14-9-6-10-15(4-2)12-13-7-5-11-16-13/h13-14H,3-12H2,1-2H3. The molecule has 0 aliphatic carbocycles. The van der Waals surface area contributed by atoms with Crippen LogP contribution in [0.3, 0.4) is 0 Å². The van der Waals surface area contributed by atoms with Crippen molar-refractivity contribution in [2.75, 3.05) is 39.3 Å². The second kappa shape index (κ2) is 8.97. The topological polar surface area (TPSA) is 24.5 Å². The SMILES string of the molecule is CCCNCCCN(CC)CC1CCCO1. The Morgan fingerprint density at radius 2 is 2.19 bits per heavy atom. The van der Waals surface area contributed by atoms with Gasteiger partial charge >= 0.3 is 0 Å². The van der Waals surface area contributed by atoms with E-state index in [1.54, 1.807) is 0 Å². The van der Waals surface area contributed by atoms with E-state index >= 15 is 0 Å². The maximum absolute atomic E-state index is 5.67. The summed E-state index contributed by atoms with van der Waals surface area (Å²) < 4.78 is 5.67. The quantitative estimate of drug-likeness (QED) is 0.610. The van der Waals surface area contributed by atoms with Gasteiger partial charge in [-0.25, -0.2) is 0 Å². The third-order valence-corrected chi connectivity index (χ3v) is 3.19. The van der Waals surface area contributed by atoms with Crippen molar-refractivity contribution in [2.45, 2.75) is 45.6 Å². The van der Waals surface area contributed by atoms with Crippen LogP contribution in [0.4, 0.5) is 0 Å². The van der Waals surface area contributed by atoms with Crippen molar-refractivity contribution in [3.05, 3.63) is 0 Å². The Morgan fingerprint density at radius 3 is 2.81 bits per heavy atom. The predicted molar refractivity (Wildman–Crippen MR) is 68.9 cm³/mol. The Labute approximate surface area is 101 Å². The van der Waals surface area contributed by atoms with E-state index in [-0.39, 0.29) is 0 Å². The molecule has 1 unspecified atom stereocenters. The van der Waals surface area contributed by atoms with Gasteiger partial charge in [0.25, 0.3) is 0 Å². The van der Waals surface area contributed by atoms with Gasteiger partial charge in [0.2, 0.25) is 0 Å². The number of hydrogen-bond donors (Lipinski definition) is 1. The Bertz CT molecular complexity index is 158.